The highest BCUT2D eigenvalue weighted by molar-refractivity contribution is 6.30. The Kier molecular flexibility index (Phi) is 3.16. The summed E-state index contributed by atoms with van der Waals surface area (Å²) in [4.78, 5) is 0. The maximum atomic E-state index is 6.26. The average Bonchev–Trinajstić information content (AvgIpc) is 2.80. The quantitative estimate of drug-likeness (QED) is 0.778. The minimum absolute atomic E-state index is 0.403. The molecular weight excluding hydrogens is 280 g/mol. The van der Waals surface area contributed by atoms with Crippen LogP contribution in [0.15, 0.2) is 42.5 Å². The Hall–Kier alpha value is -1.51. The number of nitrogen functional groups attached to an aromatic ring is 1. The van der Waals surface area contributed by atoms with Gasteiger partial charge in [-0.15, -0.1) is 0 Å². The van der Waals surface area contributed by atoms with E-state index in [1.165, 1.54) is 29.5 Å². The molecule has 1 aliphatic heterocycles. The van der Waals surface area contributed by atoms with Gasteiger partial charge in [0.1, 0.15) is 0 Å². The molecule has 0 saturated carbocycles. The summed E-state index contributed by atoms with van der Waals surface area (Å²) in [5.74, 6) is 1.01. The lowest BCUT2D eigenvalue weighted by molar-refractivity contribution is 0.287. The number of hydrogen-bond donors (Lipinski definition) is 2. The number of fused-ring (bicyclic) bond motifs is 3. The highest BCUT2D eigenvalue weighted by Gasteiger charge is 2.42. The van der Waals surface area contributed by atoms with Crippen molar-refractivity contribution in [2.75, 3.05) is 12.3 Å². The lowest BCUT2D eigenvalue weighted by Crippen LogP contribution is -2.32. The molecule has 4 rings (SSSR count). The van der Waals surface area contributed by atoms with Crippen molar-refractivity contribution < 1.29 is 0 Å². The molecule has 2 aliphatic rings. The van der Waals surface area contributed by atoms with Crippen LogP contribution in [0.25, 0.3) is 0 Å². The molecule has 1 heterocycles. The summed E-state index contributed by atoms with van der Waals surface area (Å²) < 4.78 is 0. The van der Waals surface area contributed by atoms with Crippen LogP contribution in [0, 0.1) is 5.92 Å². The van der Waals surface area contributed by atoms with E-state index in [-0.39, 0.29) is 0 Å². The Morgan fingerprint density at radius 1 is 1.10 bits per heavy atom. The van der Waals surface area contributed by atoms with Gasteiger partial charge in [0.2, 0.25) is 0 Å². The average molecular weight is 299 g/mol. The van der Waals surface area contributed by atoms with Crippen LogP contribution in [0.3, 0.4) is 0 Å². The molecular formula is C18H19ClN2. The largest absolute Gasteiger partial charge is 0.399 e. The van der Waals surface area contributed by atoms with Gasteiger partial charge in [0.05, 0.1) is 0 Å². The summed E-state index contributed by atoms with van der Waals surface area (Å²) in [6, 6.07) is 15.1. The molecule has 1 aliphatic carbocycles. The molecule has 3 unspecified atom stereocenters. The van der Waals surface area contributed by atoms with Gasteiger partial charge < -0.3 is 11.1 Å². The molecule has 2 aromatic carbocycles. The van der Waals surface area contributed by atoms with Gasteiger partial charge in [0.25, 0.3) is 0 Å². The number of piperidine rings is 1. The van der Waals surface area contributed by atoms with E-state index in [2.05, 4.69) is 35.6 Å². The third-order valence-electron chi connectivity index (χ3n) is 4.92. The molecule has 21 heavy (non-hydrogen) atoms. The zero-order chi connectivity index (χ0) is 14.4. The van der Waals surface area contributed by atoms with E-state index in [1.807, 2.05) is 12.1 Å². The minimum Gasteiger partial charge on any atom is -0.399 e. The summed E-state index contributed by atoms with van der Waals surface area (Å²) in [7, 11) is 0. The van der Waals surface area contributed by atoms with Crippen molar-refractivity contribution in [3.8, 4) is 0 Å². The van der Waals surface area contributed by atoms with Gasteiger partial charge >= 0.3 is 0 Å². The third-order valence-corrected chi connectivity index (χ3v) is 5.16. The number of halogens is 1. The Morgan fingerprint density at radius 3 is 2.86 bits per heavy atom. The smallest absolute Gasteiger partial charge is 0.0409 e. The van der Waals surface area contributed by atoms with Gasteiger partial charge in [-0.25, -0.2) is 0 Å². The first-order chi connectivity index (χ1) is 10.2. The maximum Gasteiger partial charge on any atom is 0.0409 e. The topological polar surface area (TPSA) is 38.0 Å². The van der Waals surface area contributed by atoms with Gasteiger partial charge in [0.15, 0.2) is 0 Å². The number of benzene rings is 2. The molecule has 0 radical (unpaired) electrons. The molecule has 1 saturated heterocycles. The standard InChI is InChI=1S/C18H19ClN2/c19-12-6-7-14-16(10-12)17(11-3-1-4-13(20)9-11)15-5-2-8-21-18(14)15/h1,3-4,6-7,9-10,15,17-18,21H,2,5,8,20H2. The second kappa shape index (κ2) is 5.04. The zero-order valence-corrected chi connectivity index (χ0v) is 12.6. The number of rotatable bonds is 1. The van der Waals surface area contributed by atoms with Crippen LogP contribution < -0.4 is 11.1 Å². The monoisotopic (exact) mass is 298 g/mol. The summed E-state index contributed by atoms with van der Waals surface area (Å²) in [6.07, 6.45) is 2.49. The summed E-state index contributed by atoms with van der Waals surface area (Å²) in [6.45, 7) is 1.10. The van der Waals surface area contributed by atoms with Gasteiger partial charge in [-0.2, -0.15) is 0 Å². The van der Waals surface area contributed by atoms with Crippen LogP contribution in [0.1, 0.15) is 41.5 Å². The van der Waals surface area contributed by atoms with Gasteiger partial charge in [-0.05, 0) is 66.3 Å². The Labute approximate surface area is 130 Å². The fourth-order valence-electron chi connectivity index (χ4n) is 4.12. The van der Waals surface area contributed by atoms with E-state index in [1.54, 1.807) is 0 Å². The molecule has 3 atom stereocenters. The van der Waals surface area contributed by atoms with Crippen molar-refractivity contribution in [2.24, 2.45) is 5.92 Å². The molecule has 0 spiro atoms. The lowest BCUT2D eigenvalue weighted by Gasteiger charge is -2.31. The normalized spacial score (nSPS) is 27.2. The molecule has 1 fully saturated rings. The Morgan fingerprint density at radius 2 is 2.00 bits per heavy atom. The summed E-state index contributed by atoms with van der Waals surface area (Å²) in [5.41, 5.74) is 10.9. The summed E-state index contributed by atoms with van der Waals surface area (Å²) in [5, 5.41) is 4.52. The van der Waals surface area contributed by atoms with E-state index < -0.39 is 0 Å². The molecule has 0 amide bonds. The third kappa shape index (κ3) is 2.14. The van der Waals surface area contributed by atoms with Crippen LogP contribution in [0.4, 0.5) is 5.69 Å². The minimum atomic E-state index is 0.403. The molecule has 0 aromatic heterocycles. The predicted molar refractivity (Wildman–Crippen MR) is 87.6 cm³/mol. The highest BCUT2D eigenvalue weighted by Crippen LogP contribution is 2.52. The fourth-order valence-corrected chi connectivity index (χ4v) is 4.30. The highest BCUT2D eigenvalue weighted by atomic mass is 35.5. The van der Waals surface area contributed by atoms with Crippen LogP contribution >= 0.6 is 11.6 Å². The maximum absolute atomic E-state index is 6.26. The Bertz CT molecular complexity index is 683. The summed E-state index contributed by atoms with van der Waals surface area (Å²) >= 11 is 6.26. The van der Waals surface area contributed by atoms with Crippen molar-refractivity contribution in [1.29, 1.82) is 0 Å². The van der Waals surface area contributed by atoms with Crippen LogP contribution in [-0.2, 0) is 0 Å². The number of nitrogens with two attached hydrogens (primary N) is 1. The Balaban J connectivity index is 1.87. The van der Waals surface area contributed by atoms with Crippen molar-refractivity contribution in [3.63, 3.8) is 0 Å². The number of nitrogens with one attached hydrogen (secondary N) is 1. The predicted octanol–water partition coefficient (Wildman–Crippen LogP) is 4.11. The molecule has 2 nitrogen and oxygen atoms in total. The number of hydrogen-bond acceptors (Lipinski definition) is 2. The molecule has 0 bridgehead atoms. The van der Waals surface area contributed by atoms with E-state index in [0.29, 0.717) is 17.9 Å². The van der Waals surface area contributed by atoms with E-state index in [9.17, 15) is 0 Å². The van der Waals surface area contributed by atoms with E-state index in [0.717, 1.165) is 17.3 Å². The van der Waals surface area contributed by atoms with E-state index in [4.69, 9.17) is 17.3 Å². The van der Waals surface area contributed by atoms with Crippen LogP contribution in [0.2, 0.25) is 5.02 Å². The van der Waals surface area contributed by atoms with Crippen molar-refractivity contribution >= 4 is 17.3 Å². The first-order valence-corrected chi connectivity index (χ1v) is 8.00. The molecule has 108 valence electrons. The number of anilines is 1. The van der Waals surface area contributed by atoms with Crippen LogP contribution in [0.5, 0.6) is 0 Å². The fraction of sp³-hybridized carbons (Fsp3) is 0.333. The SMILES string of the molecule is Nc1cccc(C2c3cc(Cl)ccc3C3NCCCC32)c1. The van der Waals surface area contributed by atoms with Crippen molar-refractivity contribution in [3.05, 3.63) is 64.2 Å². The van der Waals surface area contributed by atoms with Gasteiger partial charge in [-0.3, -0.25) is 0 Å². The van der Waals surface area contributed by atoms with Gasteiger partial charge in [0, 0.05) is 22.7 Å². The second-order valence-electron chi connectivity index (χ2n) is 6.16. The first-order valence-electron chi connectivity index (χ1n) is 7.62. The first kappa shape index (κ1) is 13.2. The molecule has 3 heteroatoms. The van der Waals surface area contributed by atoms with Crippen molar-refractivity contribution in [2.45, 2.75) is 24.8 Å². The van der Waals surface area contributed by atoms with Crippen molar-refractivity contribution in [1.82, 2.24) is 5.32 Å². The van der Waals surface area contributed by atoms with Crippen LogP contribution in [-0.4, -0.2) is 6.54 Å². The molecule has 2 aromatic rings. The second-order valence-corrected chi connectivity index (χ2v) is 6.60. The molecule has 3 N–H and O–H groups in total. The zero-order valence-electron chi connectivity index (χ0n) is 11.9. The van der Waals surface area contributed by atoms with E-state index >= 15 is 0 Å². The lowest BCUT2D eigenvalue weighted by atomic mass is 9.80. The van der Waals surface area contributed by atoms with Gasteiger partial charge in [-0.1, -0.05) is 29.8 Å².